The van der Waals surface area contributed by atoms with Gasteiger partial charge in [-0.15, -0.1) is 0 Å². The van der Waals surface area contributed by atoms with Crippen molar-refractivity contribution in [1.82, 2.24) is 4.90 Å². The van der Waals surface area contributed by atoms with E-state index in [0.717, 1.165) is 25.7 Å². The Kier molecular flexibility index (Phi) is 6.91. The number of nitrogens with zero attached hydrogens (tertiary/aromatic N) is 1. The normalized spacial score (nSPS) is 15.8. The molecule has 0 aliphatic carbocycles. The van der Waals surface area contributed by atoms with E-state index in [0.29, 0.717) is 29.4 Å². The second-order valence-electron chi connectivity index (χ2n) is 6.34. The third-order valence-corrected chi connectivity index (χ3v) is 4.13. The number of hydrogen-bond acceptors (Lipinski definition) is 3. The molecular formula is C18H25ClN2O3. The second-order valence-corrected chi connectivity index (χ2v) is 6.75. The van der Waals surface area contributed by atoms with Crippen molar-refractivity contribution in [2.75, 3.05) is 18.4 Å². The molecular weight excluding hydrogens is 328 g/mol. The minimum atomic E-state index is -0.211. The zero-order chi connectivity index (χ0) is 17.5. The van der Waals surface area contributed by atoms with Crippen molar-refractivity contribution in [1.29, 1.82) is 0 Å². The Bertz CT molecular complexity index is 590. The van der Waals surface area contributed by atoms with E-state index in [1.54, 1.807) is 23.1 Å². The van der Waals surface area contributed by atoms with Crippen LogP contribution in [0, 0.1) is 0 Å². The standard InChI is InChI=1S/C18H25ClN2O3/c1-13(2)24-16-9-8-14(11-15(16)19)20-17(22)12-21-10-6-4-3-5-7-18(21)23/h8-9,11,13H,3-7,10,12H2,1-2H3,(H,20,22). The van der Waals surface area contributed by atoms with Crippen molar-refractivity contribution in [2.45, 2.75) is 52.1 Å². The van der Waals surface area contributed by atoms with Crippen LogP contribution in [0.1, 0.15) is 46.0 Å². The minimum Gasteiger partial charge on any atom is -0.489 e. The predicted molar refractivity (Wildman–Crippen MR) is 95.5 cm³/mol. The summed E-state index contributed by atoms with van der Waals surface area (Å²) in [7, 11) is 0. The predicted octanol–water partition coefficient (Wildman–Crippen LogP) is 3.86. The van der Waals surface area contributed by atoms with Crippen LogP contribution in [-0.4, -0.2) is 35.9 Å². The molecule has 0 spiro atoms. The highest BCUT2D eigenvalue weighted by molar-refractivity contribution is 6.32. The molecule has 1 aromatic carbocycles. The van der Waals surface area contributed by atoms with Crippen molar-refractivity contribution >= 4 is 29.1 Å². The van der Waals surface area contributed by atoms with Gasteiger partial charge in [0, 0.05) is 18.7 Å². The van der Waals surface area contributed by atoms with Crippen LogP contribution in [0.5, 0.6) is 5.75 Å². The van der Waals surface area contributed by atoms with Crippen LogP contribution in [0.25, 0.3) is 0 Å². The van der Waals surface area contributed by atoms with Crippen molar-refractivity contribution in [3.63, 3.8) is 0 Å². The maximum Gasteiger partial charge on any atom is 0.243 e. The molecule has 0 aromatic heterocycles. The van der Waals surface area contributed by atoms with Gasteiger partial charge in [-0.25, -0.2) is 0 Å². The number of hydrogen-bond donors (Lipinski definition) is 1. The molecule has 0 saturated carbocycles. The van der Waals surface area contributed by atoms with E-state index >= 15 is 0 Å². The Morgan fingerprint density at radius 1 is 1.29 bits per heavy atom. The molecule has 0 bridgehead atoms. The Morgan fingerprint density at radius 3 is 2.75 bits per heavy atom. The van der Waals surface area contributed by atoms with Gasteiger partial charge in [-0.3, -0.25) is 9.59 Å². The first-order valence-corrected chi connectivity index (χ1v) is 8.87. The van der Waals surface area contributed by atoms with Crippen LogP contribution in [0.3, 0.4) is 0 Å². The number of carbonyl (C=O) groups excluding carboxylic acids is 2. The Labute approximate surface area is 148 Å². The number of halogens is 1. The highest BCUT2D eigenvalue weighted by Gasteiger charge is 2.18. The molecule has 0 radical (unpaired) electrons. The van der Waals surface area contributed by atoms with Gasteiger partial charge in [0.25, 0.3) is 0 Å². The molecule has 1 heterocycles. The van der Waals surface area contributed by atoms with Crippen LogP contribution < -0.4 is 10.1 Å². The second kappa shape index (κ2) is 8.92. The largest absolute Gasteiger partial charge is 0.489 e. The van der Waals surface area contributed by atoms with Gasteiger partial charge in [-0.1, -0.05) is 24.4 Å². The Balaban J connectivity index is 1.93. The zero-order valence-electron chi connectivity index (χ0n) is 14.3. The lowest BCUT2D eigenvalue weighted by molar-refractivity contribution is -0.135. The lowest BCUT2D eigenvalue weighted by atomic mass is 10.1. The molecule has 132 valence electrons. The van der Waals surface area contributed by atoms with Crippen LogP contribution in [0.4, 0.5) is 5.69 Å². The molecule has 1 aliphatic heterocycles. The van der Waals surface area contributed by atoms with Crippen molar-refractivity contribution in [3.05, 3.63) is 23.2 Å². The lowest BCUT2D eigenvalue weighted by Crippen LogP contribution is -2.39. The fraction of sp³-hybridized carbons (Fsp3) is 0.556. The van der Waals surface area contributed by atoms with Crippen molar-refractivity contribution < 1.29 is 14.3 Å². The molecule has 0 unspecified atom stereocenters. The Hall–Kier alpha value is -1.75. The van der Waals surface area contributed by atoms with Gasteiger partial charge in [0.2, 0.25) is 11.8 Å². The van der Waals surface area contributed by atoms with Gasteiger partial charge in [0.05, 0.1) is 17.7 Å². The van der Waals surface area contributed by atoms with Crippen LogP contribution >= 0.6 is 11.6 Å². The smallest absolute Gasteiger partial charge is 0.243 e. The first-order chi connectivity index (χ1) is 11.5. The van der Waals surface area contributed by atoms with E-state index in [4.69, 9.17) is 16.3 Å². The third-order valence-electron chi connectivity index (χ3n) is 3.83. The number of rotatable bonds is 5. The van der Waals surface area contributed by atoms with Gasteiger partial charge < -0.3 is 15.0 Å². The lowest BCUT2D eigenvalue weighted by Gasteiger charge is -2.24. The number of benzene rings is 1. The number of ether oxygens (including phenoxy) is 1. The summed E-state index contributed by atoms with van der Waals surface area (Å²) in [5.74, 6) is 0.435. The molecule has 6 heteroatoms. The first-order valence-electron chi connectivity index (χ1n) is 8.49. The molecule has 1 fully saturated rings. The summed E-state index contributed by atoms with van der Waals surface area (Å²) >= 11 is 6.17. The van der Waals surface area contributed by atoms with E-state index in [1.165, 1.54) is 0 Å². The Morgan fingerprint density at radius 2 is 2.04 bits per heavy atom. The molecule has 5 nitrogen and oxygen atoms in total. The summed E-state index contributed by atoms with van der Waals surface area (Å²) in [5, 5.41) is 3.24. The van der Waals surface area contributed by atoms with E-state index in [-0.39, 0.29) is 24.5 Å². The average Bonchev–Trinajstić information content (AvgIpc) is 2.49. The summed E-state index contributed by atoms with van der Waals surface area (Å²) in [6.45, 7) is 4.58. The number of likely N-dealkylation sites (tertiary alicyclic amines) is 1. The van der Waals surface area contributed by atoms with Crippen molar-refractivity contribution in [2.24, 2.45) is 0 Å². The van der Waals surface area contributed by atoms with E-state index in [2.05, 4.69) is 5.32 Å². The summed E-state index contributed by atoms with van der Waals surface area (Å²) < 4.78 is 5.57. The molecule has 2 rings (SSSR count). The number of anilines is 1. The summed E-state index contributed by atoms with van der Waals surface area (Å²) in [4.78, 5) is 25.9. The molecule has 1 saturated heterocycles. The fourth-order valence-electron chi connectivity index (χ4n) is 2.68. The van der Waals surface area contributed by atoms with Crippen LogP contribution in [-0.2, 0) is 9.59 Å². The highest BCUT2D eigenvalue weighted by atomic mass is 35.5. The molecule has 0 atom stereocenters. The third kappa shape index (κ3) is 5.71. The van der Waals surface area contributed by atoms with Crippen LogP contribution in [0.15, 0.2) is 18.2 Å². The number of amides is 2. The van der Waals surface area contributed by atoms with Gasteiger partial charge in [-0.05, 0) is 44.9 Å². The molecule has 1 aliphatic rings. The number of nitrogens with one attached hydrogen (secondary N) is 1. The van der Waals surface area contributed by atoms with E-state index in [9.17, 15) is 9.59 Å². The van der Waals surface area contributed by atoms with E-state index in [1.807, 2.05) is 13.8 Å². The summed E-state index contributed by atoms with van der Waals surface area (Å²) in [5.41, 5.74) is 0.598. The average molecular weight is 353 g/mol. The number of carbonyl (C=O) groups is 2. The highest BCUT2D eigenvalue weighted by Crippen LogP contribution is 2.28. The monoisotopic (exact) mass is 352 g/mol. The minimum absolute atomic E-state index is 0.0288. The van der Waals surface area contributed by atoms with Gasteiger partial charge in [0.15, 0.2) is 0 Å². The molecule has 1 aromatic rings. The maximum absolute atomic E-state index is 12.2. The van der Waals surface area contributed by atoms with Gasteiger partial charge in [0.1, 0.15) is 5.75 Å². The molecule has 2 amide bonds. The maximum atomic E-state index is 12.2. The van der Waals surface area contributed by atoms with E-state index < -0.39 is 0 Å². The summed E-state index contributed by atoms with van der Waals surface area (Å²) in [6.07, 6.45) is 4.62. The van der Waals surface area contributed by atoms with Crippen LogP contribution in [0.2, 0.25) is 5.02 Å². The SMILES string of the molecule is CC(C)Oc1ccc(NC(=O)CN2CCCCCCC2=O)cc1Cl. The quantitative estimate of drug-likeness (QED) is 0.875. The first kappa shape index (κ1) is 18.6. The summed E-state index contributed by atoms with van der Waals surface area (Å²) in [6, 6.07) is 5.14. The fourth-order valence-corrected chi connectivity index (χ4v) is 2.91. The molecule has 1 N–H and O–H groups in total. The van der Waals surface area contributed by atoms with Gasteiger partial charge in [-0.2, -0.15) is 0 Å². The molecule has 24 heavy (non-hydrogen) atoms. The van der Waals surface area contributed by atoms with Crippen molar-refractivity contribution in [3.8, 4) is 5.75 Å². The zero-order valence-corrected chi connectivity index (χ0v) is 15.1. The van der Waals surface area contributed by atoms with Gasteiger partial charge >= 0.3 is 0 Å². The topological polar surface area (TPSA) is 58.6 Å².